The van der Waals surface area contributed by atoms with Crippen molar-refractivity contribution < 1.29 is 4.79 Å². The Balaban J connectivity index is 1.97. The van der Waals surface area contributed by atoms with Gasteiger partial charge in [-0.05, 0) is 37.5 Å². The van der Waals surface area contributed by atoms with Crippen LogP contribution in [0.25, 0.3) is 0 Å². The maximum atomic E-state index is 12.6. The molecule has 3 nitrogen and oxygen atoms in total. The van der Waals surface area contributed by atoms with Crippen LogP contribution in [-0.4, -0.2) is 29.6 Å². The first-order chi connectivity index (χ1) is 9.11. The lowest BCUT2D eigenvalue weighted by Gasteiger charge is -2.26. The molecule has 1 amide bonds. The molecule has 1 aliphatic carbocycles. The van der Waals surface area contributed by atoms with Crippen molar-refractivity contribution in [1.29, 1.82) is 0 Å². The molecule has 0 radical (unpaired) electrons. The maximum Gasteiger partial charge on any atom is 0.241 e. The Labute approximate surface area is 118 Å². The van der Waals surface area contributed by atoms with E-state index in [-0.39, 0.29) is 6.04 Å². The summed E-state index contributed by atoms with van der Waals surface area (Å²) in [5.41, 5.74) is 0. The molecule has 3 heteroatoms. The van der Waals surface area contributed by atoms with Crippen molar-refractivity contribution in [2.75, 3.05) is 6.54 Å². The Morgan fingerprint density at radius 3 is 2.58 bits per heavy atom. The summed E-state index contributed by atoms with van der Waals surface area (Å²) in [4.78, 5) is 14.7. The van der Waals surface area contributed by atoms with E-state index in [4.69, 9.17) is 0 Å². The van der Waals surface area contributed by atoms with E-state index in [1.54, 1.807) is 0 Å². The van der Waals surface area contributed by atoms with E-state index in [0.29, 0.717) is 18.0 Å². The zero-order valence-corrected chi connectivity index (χ0v) is 12.8. The van der Waals surface area contributed by atoms with Gasteiger partial charge in [0.1, 0.15) is 0 Å². The second-order valence-corrected chi connectivity index (χ2v) is 6.79. The Morgan fingerprint density at radius 1 is 1.32 bits per heavy atom. The van der Waals surface area contributed by atoms with E-state index in [1.165, 1.54) is 25.7 Å². The van der Waals surface area contributed by atoms with Crippen molar-refractivity contribution in [3.8, 4) is 0 Å². The largest absolute Gasteiger partial charge is 0.326 e. The maximum absolute atomic E-state index is 12.6. The predicted molar refractivity (Wildman–Crippen MR) is 78.7 cm³/mol. The lowest BCUT2D eigenvalue weighted by molar-refractivity contribution is -0.131. The number of amides is 1. The number of nitrogens with zero attached hydrogens (tertiary/aromatic N) is 1. The van der Waals surface area contributed by atoms with Gasteiger partial charge in [0.15, 0.2) is 0 Å². The van der Waals surface area contributed by atoms with Crippen molar-refractivity contribution in [2.45, 2.75) is 77.9 Å². The molecule has 19 heavy (non-hydrogen) atoms. The first-order valence-electron chi connectivity index (χ1n) is 8.18. The van der Waals surface area contributed by atoms with E-state index in [0.717, 1.165) is 31.7 Å². The summed E-state index contributed by atoms with van der Waals surface area (Å²) in [6, 6.07) is 0.0675. The summed E-state index contributed by atoms with van der Waals surface area (Å²) in [5, 5.41) is 3.57. The number of carbonyl (C=O) groups is 1. The van der Waals surface area contributed by atoms with E-state index in [1.807, 2.05) is 0 Å². The number of hydrogen-bond donors (Lipinski definition) is 1. The van der Waals surface area contributed by atoms with Crippen LogP contribution in [0.2, 0.25) is 0 Å². The molecule has 2 fully saturated rings. The highest BCUT2D eigenvalue weighted by Crippen LogP contribution is 2.28. The fourth-order valence-corrected chi connectivity index (χ4v) is 3.59. The van der Waals surface area contributed by atoms with Crippen LogP contribution < -0.4 is 5.32 Å². The van der Waals surface area contributed by atoms with E-state index < -0.39 is 0 Å². The van der Waals surface area contributed by atoms with Crippen LogP contribution in [-0.2, 0) is 4.79 Å². The SMILES string of the molecule is CCCC1NC(CC(C)C)C(=O)N1CC1CCCC1. The van der Waals surface area contributed by atoms with Crippen LogP contribution in [0.4, 0.5) is 0 Å². The molecule has 0 bridgehead atoms. The zero-order valence-electron chi connectivity index (χ0n) is 12.8. The highest BCUT2D eigenvalue weighted by Gasteiger charge is 2.39. The van der Waals surface area contributed by atoms with E-state index in [9.17, 15) is 4.79 Å². The van der Waals surface area contributed by atoms with Crippen LogP contribution in [0.5, 0.6) is 0 Å². The molecular formula is C16H30N2O. The number of nitrogens with one attached hydrogen (secondary N) is 1. The summed E-state index contributed by atoms with van der Waals surface area (Å²) in [5.74, 6) is 1.69. The zero-order chi connectivity index (χ0) is 13.8. The standard InChI is InChI=1S/C16H30N2O/c1-4-7-15-17-14(10-12(2)3)16(19)18(15)11-13-8-5-6-9-13/h12-15,17H,4-11H2,1-3H3. The average molecular weight is 266 g/mol. The van der Waals surface area contributed by atoms with Gasteiger partial charge in [-0.15, -0.1) is 0 Å². The third-order valence-corrected chi connectivity index (χ3v) is 4.55. The molecule has 2 rings (SSSR count). The molecule has 1 saturated carbocycles. The molecule has 1 saturated heterocycles. The molecule has 0 spiro atoms. The molecule has 2 unspecified atom stereocenters. The normalized spacial score (nSPS) is 28.8. The molecule has 1 aliphatic heterocycles. The van der Waals surface area contributed by atoms with Gasteiger partial charge >= 0.3 is 0 Å². The fraction of sp³-hybridized carbons (Fsp3) is 0.938. The Morgan fingerprint density at radius 2 is 2.00 bits per heavy atom. The van der Waals surface area contributed by atoms with Crippen LogP contribution in [0.1, 0.15) is 65.7 Å². The van der Waals surface area contributed by atoms with Gasteiger partial charge < -0.3 is 4.90 Å². The van der Waals surface area contributed by atoms with Gasteiger partial charge in [0.05, 0.1) is 12.2 Å². The van der Waals surface area contributed by atoms with Crippen molar-refractivity contribution in [2.24, 2.45) is 11.8 Å². The number of carbonyl (C=O) groups excluding carboxylic acids is 1. The third kappa shape index (κ3) is 3.71. The first kappa shape index (κ1) is 14.8. The lowest BCUT2D eigenvalue weighted by atomic mass is 10.0. The van der Waals surface area contributed by atoms with Gasteiger partial charge in [0, 0.05) is 6.54 Å². The monoisotopic (exact) mass is 266 g/mol. The topological polar surface area (TPSA) is 32.3 Å². The molecule has 0 aromatic rings. The summed E-state index contributed by atoms with van der Waals surface area (Å²) < 4.78 is 0. The summed E-state index contributed by atoms with van der Waals surface area (Å²) in [7, 11) is 0. The molecule has 2 atom stereocenters. The van der Waals surface area contributed by atoms with Crippen molar-refractivity contribution in [1.82, 2.24) is 10.2 Å². The Bertz CT molecular complexity index is 297. The van der Waals surface area contributed by atoms with Gasteiger partial charge in [-0.3, -0.25) is 10.1 Å². The molecule has 1 N–H and O–H groups in total. The lowest BCUT2D eigenvalue weighted by Crippen LogP contribution is -2.39. The van der Waals surface area contributed by atoms with Crippen molar-refractivity contribution >= 4 is 5.91 Å². The summed E-state index contributed by atoms with van der Waals surface area (Å²) >= 11 is 0. The summed E-state index contributed by atoms with van der Waals surface area (Å²) in [6.45, 7) is 7.59. The fourth-order valence-electron chi connectivity index (χ4n) is 3.59. The van der Waals surface area contributed by atoms with Gasteiger partial charge in [-0.2, -0.15) is 0 Å². The van der Waals surface area contributed by atoms with E-state index >= 15 is 0 Å². The molecule has 0 aromatic heterocycles. The number of hydrogen-bond acceptors (Lipinski definition) is 2. The van der Waals surface area contributed by atoms with Crippen LogP contribution in [0.15, 0.2) is 0 Å². The Kier molecular flexibility index (Phi) is 5.26. The van der Waals surface area contributed by atoms with E-state index in [2.05, 4.69) is 31.0 Å². The second-order valence-electron chi connectivity index (χ2n) is 6.79. The van der Waals surface area contributed by atoms with Crippen molar-refractivity contribution in [3.63, 3.8) is 0 Å². The first-order valence-corrected chi connectivity index (χ1v) is 8.18. The predicted octanol–water partition coefficient (Wildman–Crippen LogP) is 3.15. The molecular weight excluding hydrogens is 236 g/mol. The van der Waals surface area contributed by atoms with Crippen LogP contribution in [0.3, 0.4) is 0 Å². The smallest absolute Gasteiger partial charge is 0.241 e. The van der Waals surface area contributed by atoms with Gasteiger partial charge in [-0.25, -0.2) is 0 Å². The minimum Gasteiger partial charge on any atom is -0.326 e. The molecule has 2 aliphatic rings. The minimum atomic E-state index is 0.0675. The second kappa shape index (κ2) is 6.74. The quantitative estimate of drug-likeness (QED) is 0.801. The highest BCUT2D eigenvalue weighted by atomic mass is 16.2. The molecule has 1 heterocycles. The van der Waals surface area contributed by atoms with Gasteiger partial charge in [0.2, 0.25) is 5.91 Å². The third-order valence-electron chi connectivity index (χ3n) is 4.55. The average Bonchev–Trinajstić information content (AvgIpc) is 2.94. The van der Waals surface area contributed by atoms with Crippen LogP contribution in [0, 0.1) is 11.8 Å². The van der Waals surface area contributed by atoms with Crippen molar-refractivity contribution in [3.05, 3.63) is 0 Å². The number of rotatable bonds is 6. The summed E-state index contributed by atoms with van der Waals surface area (Å²) in [6.07, 6.45) is 8.84. The van der Waals surface area contributed by atoms with Gasteiger partial charge in [-0.1, -0.05) is 40.0 Å². The van der Waals surface area contributed by atoms with Crippen LogP contribution >= 0.6 is 0 Å². The van der Waals surface area contributed by atoms with Gasteiger partial charge in [0.25, 0.3) is 0 Å². The minimum absolute atomic E-state index is 0.0675. The Hall–Kier alpha value is -0.570. The highest BCUT2D eigenvalue weighted by molar-refractivity contribution is 5.84. The molecule has 110 valence electrons. The molecule has 0 aromatic carbocycles.